The molecule has 1 aliphatic rings. The number of amides is 2. The lowest BCUT2D eigenvalue weighted by Gasteiger charge is -2.57. The SMILES string of the molecule is CCOC1CC(N)(C(=O)NCCNC(=O)c2ccc(C)c(F)c2)C1(C)C. The van der Waals surface area contributed by atoms with Crippen LogP contribution in [0.4, 0.5) is 4.39 Å². The molecule has 0 spiro atoms. The maximum Gasteiger partial charge on any atom is 0.251 e. The second-order valence-corrected chi connectivity index (χ2v) is 7.32. The molecule has 0 bridgehead atoms. The normalized spacial score (nSPS) is 23.8. The zero-order valence-electron chi connectivity index (χ0n) is 15.8. The molecule has 1 aromatic carbocycles. The lowest BCUT2D eigenvalue weighted by molar-refractivity contribution is -0.170. The van der Waals surface area contributed by atoms with Gasteiger partial charge in [0.1, 0.15) is 11.4 Å². The molecule has 2 unspecified atom stereocenters. The second kappa shape index (κ2) is 7.72. The number of aryl methyl sites for hydroxylation is 1. The van der Waals surface area contributed by atoms with Crippen LogP contribution in [0.15, 0.2) is 18.2 Å². The highest BCUT2D eigenvalue weighted by molar-refractivity contribution is 5.94. The summed E-state index contributed by atoms with van der Waals surface area (Å²) in [6.07, 6.45) is 0.425. The van der Waals surface area contributed by atoms with Gasteiger partial charge in [0.25, 0.3) is 5.91 Å². The van der Waals surface area contributed by atoms with Gasteiger partial charge in [-0.15, -0.1) is 0 Å². The van der Waals surface area contributed by atoms with Gasteiger partial charge in [-0.25, -0.2) is 4.39 Å². The fraction of sp³-hybridized carbons (Fsp3) is 0.579. The lowest BCUT2D eigenvalue weighted by atomic mass is 9.54. The van der Waals surface area contributed by atoms with E-state index < -0.39 is 16.8 Å². The lowest BCUT2D eigenvalue weighted by Crippen LogP contribution is -2.75. The topological polar surface area (TPSA) is 93.4 Å². The van der Waals surface area contributed by atoms with E-state index in [1.807, 2.05) is 20.8 Å². The molecular weight excluding hydrogens is 337 g/mol. The molecule has 2 atom stereocenters. The number of ether oxygens (including phenoxy) is 1. The van der Waals surface area contributed by atoms with E-state index >= 15 is 0 Å². The van der Waals surface area contributed by atoms with Crippen molar-refractivity contribution in [1.29, 1.82) is 0 Å². The van der Waals surface area contributed by atoms with E-state index in [0.717, 1.165) is 0 Å². The number of rotatable bonds is 7. The third kappa shape index (κ3) is 3.73. The molecule has 0 aliphatic heterocycles. The minimum atomic E-state index is -0.989. The number of nitrogens with two attached hydrogens (primary N) is 1. The van der Waals surface area contributed by atoms with Crippen LogP contribution in [0.1, 0.15) is 43.1 Å². The van der Waals surface area contributed by atoms with Crippen LogP contribution in [-0.2, 0) is 9.53 Å². The smallest absolute Gasteiger partial charge is 0.251 e. The van der Waals surface area contributed by atoms with Gasteiger partial charge in [0, 0.05) is 37.1 Å². The predicted molar refractivity (Wildman–Crippen MR) is 97.2 cm³/mol. The van der Waals surface area contributed by atoms with Gasteiger partial charge in [-0.1, -0.05) is 19.9 Å². The van der Waals surface area contributed by atoms with E-state index in [1.54, 1.807) is 19.1 Å². The molecular formula is C19H28FN3O3. The maximum absolute atomic E-state index is 13.5. The molecule has 0 aromatic heterocycles. The molecule has 0 heterocycles. The van der Waals surface area contributed by atoms with Gasteiger partial charge in [0.15, 0.2) is 0 Å². The van der Waals surface area contributed by atoms with Crippen molar-refractivity contribution in [1.82, 2.24) is 10.6 Å². The Morgan fingerprint density at radius 2 is 1.96 bits per heavy atom. The summed E-state index contributed by atoms with van der Waals surface area (Å²) in [6, 6.07) is 4.31. The van der Waals surface area contributed by atoms with Crippen molar-refractivity contribution in [2.45, 2.75) is 45.8 Å². The van der Waals surface area contributed by atoms with Crippen LogP contribution >= 0.6 is 0 Å². The molecule has 26 heavy (non-hydrogen) atoms. The molecule has 4 N–H and O–H groups in total. The molecule has 0 radical (unpaired) electrons. The molecule has 1 saturated carbocycles. The first kappa shape index (κ1) is 20.3. The van der Waals surface area contributed by atoms with Gasteiger partial charge in [0.2, 0.25) is 5.91 Å². The van der Waals surface area contributed by atoms with Crippen LogP contribution in [0, 0.1) is 18.2 Å². The van der Waals surface area contributed by atoms with Crippen LogP contribution in [0.2, 0.25) is 0 Å². The first-order valence-corrected chi connectivity index (χ1v) is 8.86. The van der Waals surface area contributed by atoms with Gasteiger partial charge >= 0.3 is 0 Å². The predicted octanol–water partition coefficient (Wildman–Crippen LogP) is 1.51. The number of nitrogens with one attached hydrogen (secondary N) is 2. The summed E-state index contributed by atoms with van der Waals surface area (Å²) in [6.45, 7) is 8.44. The zero-order valence-corrected chi connectivity index (χ0v) is 15.8. The van der Waals surface area contributed by atoms with Crippen molar-refractivity contribution in [3.05, 3.63) is 35.1 Å². The number of carbonyl (C=O) groups is 2. The molecule has 2 amide bonds. The van der Waals surface area contributed by atoms with Gasteiger partial charge in [-0.2, -0.15) is 0 Å². The molecule has 144 valence electrons. The Hall–Kier alpha value is -1.99. The van der Waals surface area contributed by atoms with Crippen molar-refractivity contribution in [3.8, 4) is 0 Å². The second-order valence-electron chi connectivity index (χ2n) is 7.32. The van der Waals surface area contributed by atoms with E-state index in [0.29, 0.717) is 18.6 Å². The van der Waals surface area contributed by atoms with E-state index in [9.17, 15) is 14.0 Å². The summed E-state index contributed by atoms with van der Waals surface area (Å²) in [7, 11) is 0. The Labute approximate surface area is 153 Å². The third-order valence-electron chi connectivity index (χ3n) is 5.37. The van der Waals surface area contributed by atoms with Crippen molar-refractivity contribution < 1.29 is 18.7 Å². The molecule has 1 aliphatic carbocycles. The van der Waals surface area contributed by atoms with E-state index in [1.165, 1.54) is 6.07 Å². The standard InChI is InChI=1S/C19H28FN3O3/c1-5-26-15-11-19(21,18(15,3)4)17(25)23-9-8-22-16(24)13-7-6-12(2)14(20)10-13/h6-7,10,15H,5,8-9,11,21H2,1-4H3,(H,22,24)(H,23,25). The van der Waals surface area contributed by atoms with Crippen LogP contribution in [0.3, 0.4) is 0 Å². The molecule has 0 saturated heterocycles. The van der Waals surface area contributed by atoms with Crippen molar-refractivity contribution >= 4 is 11.8 Å². The quantitative estimate of drug-likeness (QED) is 0.639. The fourth-order valence-corrected chi connectivity index (χ4v) is 3.17. The van der Waals surface area contributed by atoms with Crippen molar-refractivity contribution in [2.24, 2.45) is 11.1 Å². The van der Waals surface area contributed by atoms with Gasteiger partial charge in [0.05, 0.1) is 6.10 Å². The fourth-order valence-electron chi connectivity index (χ4n) is 3.17. The summed E-state index contributed by atoms with van der Waals surface area (Å²) < 4.78 is 19.1. The molecule has 1 fully saturated rings. The summed E-state index contributed by atoms with van der Waals surface area (Å²) in [5, 5.41) is 5.41. The summed E-state index contributed by atoms with van der Waals surface area (Å²) in [5.74, 6) is -1.07. The highest BCUT2D eigenvalue weighted by Gasteiger charge is 2.62. The largest absolute Gasteiger partial charge is 0.378 e. The molecule has 2 rings (SSSR count). The first-order chi connectivity index (χ1) is 12.1. The highest BCUT2D eigenvalue weighted by atomic mass is 19.1. The summed E-state index contributed by atoms with van der Waals surface area (Å²) >= 11 is 0. The summed E-state index contributed by atoms with van der Waals surface area (Å²) in [4.78, 5) is 24.5. The van der Waals surface area contributed by atoms with Crippen molar-refractivity contribution in [2.75, 3.05) is 19.7 Å². The van der Waals surface area contributed by atoms with Crippen LogP contribution < -0.4 is 16.4 Å². The Kier molecular flexibility index (Phi) is 6.03. The highest BCUT2D eigenvalue weighted by Crippen LogP contribution is 2.49. The maximum atomic E-state index is 13.5. The van der Waals surface area contributed by atoms with E-state index in [2.05, 4.69) is 10.6 Å². The average Bonchev–Trinajstić information content (AvgIpc) is 2.60. The van der Waals surface area contributed by atoms with Gasteiger partial charge < -0.3 is 21.1 Å². The van der Waals surface area contributed by atoms with Crippen LogP contribution in [0.5, 0.6) is 0 Å². The van der Waals surface area contributed by atoms with Gasteiger partial charge in [-0.3, -0.25) is 9.59 Å². The summed E-state index contributed by atoms with van der Waals surface area (Å²) in [5.41, 5.74) is 5.56. The van der Waals surface area contributed by atoms with Gasteiger partial charge in [-0.05, 0) is 31.5 Å². The number of hydrogen-bond donors (Lipinski definition) is 3. The van der Waals surface area contributed by atoms with Crippen LogP contribution in [-0.4, -0.2) is 43.2 Å². The van der Waals surface area contributed by atoms with E-state index in [-0.39, 0.29) is 36.6 Å². The Morgan fingerprint density at radius 1 is 1.31 bits per heavy atom. The zero-order chi connectivity index (χ0) is 19.5. The monoisotopic (exact) mass is 365 g/mol. The Morgan fingerprint density at radius 3 is 2.54 bits per heavy atom. The number of halogens is 1. The van der Waals surface area contributed by atoms with E-state index in [4.69, 9.17) is 10.5 Å². The molecule has 1 aromatic rings. The minimum Gasteiger partial charge on any atom is -0.378 e. The number of benzene rings is 1. The molecule has 6 nitrogen and oxygen atoms in total. The Bertz CT molecular complexity index is 693. The first-order valence-electron chi connectivity index (χ1n) is 8.86. The Balaban J connectivity index is 1.80. The van der Waals surface area contributed by atoms with Crippen molar-refractivity contribution in [3.63, 3.8) is 0 Å². The minimum absolute atomic E-state index is 0.0422. The number of hydrogen-bond acceptors (Lipinski definition) is 4. The average molecular weight is 365 g/mol. The molecule has 7 heteroatoms. The van der Waals surface area contributed by atoms with Crippen LogP contribution in [0.25, 0.3) is 0 Å². The number of carbonyl (C=O) groups excluding carboxylic acids is 2. The third-order valence-corrected chi connectivity index (χ3v) is 5.37.